The molecule has 0 saturated carbocycles. The first-order chi connectivity index (χ1) is 24.7. The maximum atomic E-state index is 6.23. The summed E-state index contributed by atoms with van der Waals surface area (Å²) >= 11 is 1.87. The lowest BCUT2D eigenvalue weighted by Gasteiger charge is -2.14. The van der Waals surface area contributed by atoms with E-state index in [1.807, 2.05) is 11.3 Å². The number of hydrogen-bond donors (Lipinski definition) is 0. The molecule has 11 rings (SSSR count). The van der Waals surface area contributed by atoms with E-state index in [1.165, 1.54) is 52.9 Å². The summed E-state index contributed by atoms with van der Waals surface area (Å²) in [5.41, 5.74) is 11.1. The fourth-order valence-corrected chi connectivity index (χ4v) is 9.27. The van der Waals surface area contributed by atoms with Crippen molar-refractivity contribution in [3.63, 3.8) is 0 Å². The van der Waals surface area contributed by atoms with Gasteiger partial charge in [-0.1, -0.05) is 109 Å². The second kappa shape index (κ2) is 10.4. The standard InChI is InChI=1S/C45H27BN2OS/c46-36-14-8-17-41-44(36)35-23-26(20-22-40(35)49-41)27-19-21-30-29-10-2-5-16-38(29)48(39(30)24-27)43-25-34(28-9-1-4-15-37(28)47-43)33-13-7-12-32-31-11-3-6-18-42(31)50-45(32)33/h1-25H,46H2. The second-order valence-corrected chi connectivity index (χ2v) is 14.2. The lowest BCUT2D eigenvalue weighted by molar-refractivity contribution is 0.669. The smallest absolute Gasteiger partial charge is 0.140 e. The Labute approximate surface area is 292 Å². The highest BCUT2D eigenvalue weighted by Gasteiger charge is 2.19. The molecule has 4 heterocycles. The van der Waals surface area contributed by atoms with Crippen LogP contribution in [0.15, 0.2) is 156 Å². The Hall–Kier alpha value is -6.17. The molecule has 0 aliphatic carbocycles. The summed E-state index contributed by atoms with van der Waals surface area (Å²) in [5, 5.41) is 8.50. The molecule has 0 aliphatic rings. The molecule has 0 spiro atoms. The van der Waals surface area contributed by atoms with Crippen LogP contribution in [0, 0.1) is 0 Å². The van der Waals surface area contributed by atoms with Gasteiger partial charge in [-0.3, -0.25) is 4.57 Å². The van der Waals surface area contributed by atoms with Gasteiger partial charge in [0.25, 0.3) is 0 Å². The van der Waals surface area contributed by atoms with Crippen molar-refractivity contribution in [1.29, 1.82) is 0 Å². The summed E-state index contributed by atoms with van der Waals surface area (Å²) in [5.74, 6) is 0.909. The zero-order chi connectivity index (χ0) is 32.9. The number of benzene rings is 7. The molecule has 11 aromatic rings. The van der Waals surface area contributed by atoms with Gasteiger partial charge in [-0.05, 0) is 65.2 Å². The van der Waals surface area contributed by atoms with E-state index < -0.39 is 0 Å². The zero-order valence-electron chi connectivity index (χ0n) is 27.1. The summed E-state index contributed by atoms with van der Waals surface area (Å²) in [7, 11) is 2.15. The summed E-state index contributed by atoms with van der Waals surface area (Å²) < 4.78 is 11.2. The quantitative estimate of drug-likeness (QED) is 0.178. The van der Waals surface area contributed by atoms with Crippen molar-refractivity contribution in [2.24, 2.45) is 0 Å². The highest BCUT2D eigenvalue weighted by Crippen LogP contribution is 2.43. The predicted octanol–water partition coefficient (Wildman–Crippen LogP) is 11.2. The minimum absolute atomic E-state index is 0.909. The van der Waals surface area contributed by atoms with Crippen molar-refractivity contribution in [3.05, 3.63) is 152 Å². The molecule has 0 radical (unpaired) electrons. The molecule has 50 heavy (non-hydrogen) atoms. The molecule has 0 fully saturated rings. The maximum absolute atomic E-state index is 6.23. The first-order valence-corrected chi connectivity index (χ1v) is 17.8. The van der Waals surface area contributed by atoms with Crippen molar-refractivity contribution < 1.29 is 4.42 Å². The number of thiophene rings is 1. The highest BCUT2D eigenvalue weighted by atomic mass is 32.1. The van der Waals surface area contributed by atoms with E-state index in [9.17, 15) is 0 Å². The van der Waals surface area contributed by atoms with E-state index in [4.69, 9.17) is 9.40 Å². The summed E-state index contributed by atoms with van der Waals surface area (Å²) in [4.78, 5) is 5.36. The third-order valence-electron chi connectivity index (χ3n) is 10.3. The number of pyridine rings is 1. The second-order valence-electron chi connectivity index (χ2n) is 13.2. The Kier molecular flexibility index (Phi) is 5.78. The third-order valence-corrected chi connectivity index (χ3v) is 11.6. The van der Waals surface area contributed by atoms with Gasteiger partial charge in [0.2, 0.25) is 0 Å². The van der Waals surface area contributed by atoms with Crippen molar-refractivity contribution in [2.75, 3.05) is 0 Å². The van der Waals surface area contributed by atoms with E-state index in [1.54, 1.807) is 0 Å². The number of fused-ring (bicyclic) bond motifs is 10. The normalized spacial score (nSPS) is 12.1. The number of aromatic nitrogens is 2. The molecule has 0 unspecified atom stereocenters. The van der Waals surface area contributed by atoms with Gasteiger partial charge in [-0.2, -0.15) is 0 Å². The third kappa shape index (κ3) is 3.95. The van der Waals surface area contributed by atoms with Crippen LogP contribution in [-0.2, 0) is 0 Å². The molecular weight excluding hydrogens is 627 g/mol. The lowest BCUT2D eigenvalue weighted by atomic mass is 9.90. The Bertz CT molecular complexity index is 3180. The van der Waals surface area contributed by atoms with Crippen LogP contribution in [0.4, 0.5) is 0 Å². The molecule has 0 saturated heterocycles. The van der Waals surface area contributed by atoms with Crippen molar-refractivity contribution in [2.45, 2.75) is 0 Å². The first kappa shape index (κ1) is 27.8. The fourth-order valence-electron chi connectivity index (χ4n) is 8.04. The highest BCUT2D eigenvalue weighted by molar-refractivity contribution is 7.26. The van der Waals surface area contributed by atoms with Crippen LogP contribution in [0.2, 0.25) is 0 Å². The van der Waals surface area contributed by atoms with Gasteiger partial charge in [-0.15, -0.1) is 11.3 Å². The van der Waals surface area contributed by atoms with Crippen LogP contribution in [0.1, 0.15) is 0 Å². The first-order valence-electron chi connectivity index (χ1n) is 17.0. The predicted molar refractivity (Wildman–Crippen MR) is 215 cm³/mol. The summed E-state index contributed by atoms with van der Waals surface area (Å²) in [6.45, 7) is 0. The van der Waals surface area contributed by atoms with Crippen LogP contribution >= 0.6 is 11.3 Å². The number of para-hydroxylation sites is 2. The van der Waals surface area contributed by atoms with Gasteiger partial charge in [0.05, 0.1) is 16.6 Å². The van der Waals surface area contributed by atoms with Crippen LogP contribution in [0.25, 0.3) is 103 Å². The average Bonchev–Trinajstić information content (AvgIpc) is 3.84. The van der Waals surface area contributed by atoms with E-state index in [0.717, 1.165) is 55.4 Å². The zero-order valence-corrected chi connectivity index (χ0v) is 28.0. The molecule has 0 N–H and O–H groups in total. The van der Waals surface area contributed by atoms with Gasteiger partial charge in [0.1, 0.15) is 24.8 Å². The minimum atomic E-state index is 0.909. The topological polar surface area (TPSA) is 31.0 Å². The van der Waals surface area contributed by atoms with E-state index in [-0.39, 0.29) is 0 Å². The van der Waals surface area contributed by atoms with E-state index >= 15 is 0 Å². The van der Waals surface area contributed by atoms with Gasteiger partial charge >= 0.3 is 0 Å². The Morgan fingerprint density at radius 3 is 2.20 bits per heavy atom. The van der Waals surface area contributed by atoms with Gasteiger partial charge in [0.15, 0.2) is 0 Å². The molecule has 7 aromatic carbocycles. The molecule has 3 nitrogen and oxygen atoms in total. The SMILES string of the molecule is Bc1cccc2oc3ccc(-c4ccc5c6ccccc6n(-c6cc(-c7cccc8c7sc7ccccc78)c7ccccc7n6)c5c4)cc3c12. The van der Waals surface area contributed by atoms with Crippen molar-refractivity contribution in [1.82, 2.24) is 9.55 Å². The molecule has 4 aromatic heterocycles. The Balaban J connectivity index is 1.18. The van der Waals surface area contributed by atoms with Crippen molar-refractivity contribution in [3.8, 4) is 28.1 Å². The minimum Gasteiger partial charge on any atom is -0.456 e. The van der Waals surface area contributed by atoms with E-state index in [0.29, 0.717) is 0 Å². The van der Waals surface area contributed by atoms with Gasteiger partial charge in [0, 0.05) is 52.7 Å². The monoisotopic (exact) mass is 654 g/mol. The molecule has 5 heteroatoms. The largest absolute Gasteiger partial charge is 0.456 e. The molecule has 0 bridgehead atoms. The fraction of sp³-hybridized carbons (Fsp3) is 0. The summed E-state index contributed by atoms with van der Waals surface area (Å²) in [6, 6.07) is 54.6. The average molecular weight is 655 g/mol. The summed E-state index contributed by atoms with van der Waals surface area (Å²) in [6.07, 6.45) is 0. The Morgan fingerprint density at radius 1 is 0.520 bits per heavy atom. The van der Waals surface area contributed by atoms with Gasteiger partial charge < -0.3 is 4.42 Å². The van der Waals surface area contributed by atoms with Crippen LogP contribution in [0.5, 0.6) is 0 Å². The lowest BCUT2D eigenvalue weighted by Crippen LogP contribution is -2.01. The maximum Gasteiger partial charge on any atom is 0.140 e. The number of hydrogen-bond acceptors (Lipinski definition) is 3. The number of rotatable bonds is 3. The molecular formula is C45H27BN2OS. The van der Waals surface area contributed by atoms with Crippen LogP contribution in [-0.4, -0.2) is 17.4 Å². The van der Waals surface area contributed by atoms with Crippen LogP contribution < -0.4 is 5.46 Å². The molecule has 0 aliphatic heterocycles. The van der Waals surface area contributed by atoms with E-state index in [2.05, 4.69) is 164 Å². The Morgan fingerprint density at radius 2 is 1.26 bits per heavy atom. The van der Waals surface area contributed by atoms with Gasteiger partial charge in [-0.25, -0.2) is 4.98 Å². The molecule has 0 atom stereocenters. The molecule has 0 amide bonds. The number of nitrogens with zero attached hydrogens (tertiary/aromatic N) is 2. The van der Waals surface area contributed by atoms with Crippen LogP contribution in [0.3, 0.4) is 0 Å². The molecule has 232 valence electrons. The number of furan rings is 1. The van der Waals surface area contributed by atoms with Crippen molar-refractivity contribution >= 4 is 99.5 Å².